The van der Waals surface area contributed by atoms with Crippen molar-refractivity contribution in [1.29, 1.82) is 0 Å². The van der Waals surface area contributed by atoms with Gasteiger partial charge in [-0.3, -0.25) is 14.4 Å². The van der Waals surface area contributed by atoms with E-state index in [-0.39, 0.29) is 30.4 Å². The number of benzene rings is 2. The van der Waals surface area contributed by atoms with Crippen molar-refractivity contribution in [3.05, 3.63) is 70.9 Å². The highest BCUT2D eigenvalue weighted by Gasteiger charge is 2.35. The molecule has 2 aromatic carbocycles. The lowest BCUT2D eigenvalue weighted by Crippen LogP contribution is -2.30. The van der Waals surface area contributed by atoms with Gasteiger partial charge < -0.3 is 20.9 Å². The van der Waals surface area contributed by atoms with Gasteiger partial charge in [-0.15, -0.1) is 0 Å². The first-order valence-electron chi connectivity index (χ1n) is 10.7. The average Bonchev–Trinajstić information content (AvgIpc) is 3.20. The summed E-state index contributed by atoms with van der Waals surface area (Å²) < 4.78 is 40.9. The highest BCUT2D eigenvalue weighted by Crippen LogP contribution is 2.35. The molecule has 2 heterocycles. The maximum Gasteiger partial charge on any atom is 0.421 e. The zero-order chi connectivity index (χ0) is 26.0. The first kappa shape index (κ1) is 24.6. The molecule has 0 bridgehead atoms. The number of anilines is 4. The Morgan fingerprint density at radius 2 is 1.89 bits per heavy atom. The van der Waals surface area contributed by atoms with Gasteiger partial charge in [0.15, 0.2) is 0 Å². The molecule has 186 valence electrons. The third-order valence-electron chi connectivity index (χ3n) is 5.39. The normalized spacial score (nSPS) is 12.5. The number of likely N-dealkylation sites (N-methyl/N-ethyl adjacent to an activating group) is 1. The minimum Gasteiger partial charge on any atom is -0.365 e. The van der Waals surface area contributed by atoms with Gasteiger partial charge in [0.05, 0.1) is 6.42 Å². The molecule has 3 aromatic rings. The van der Waals surface area contributed by atoms with Crippen LogP contribution in [0, 0.1) is 0 Å². The predicted molar refractivity (Wildman–Crippen MR) is 126 cm³/mol. The fourth-order valence-corrected chi connectivity index (χ4v) is 3.61. The van der Waals surface area contributed by atoms with Crippen molar-refractivity contribution in [2.75, 3.05) is 30.0 Å². The third-order valence-corrected chi connectivity index (χ3v) is 5.39. The molecule has 0 radical (unpaired) electrons. The number of Topliss-reactive ketones (excluding diaryl/α,β-unsaturated/α-hetero) is 1. The molecular formula is C24H21F3N6O3. The van der Waals surface area contributed by atoms with Gasteiger partial charge in [0, 0.05) is 43.8 Å². The van der Waals surface area contributed by atoms with Crippen LogP contribution in [0.15, 0.2) is 48.7 Å². The number of rotatable bonds is 7. The largest absolute Gasteiger partial charge is 0.421 e. The van der Waals surface area contributed by atoms with Gasteiger partial charge in [0.2, 0.25) is 11.9 Å². The Morgan fingerprint density at radius 1 is 1.14 bits per heavy atom. The number of nitrogens with zero attached hydrogens (tertiary/aromatic N) is 3. The van der Waals surface area contributed by atoms with Crippen molar-refractivity contribution in [3.8, 4) is 0 Å². The van der Waals surface area contributed by atoms with Gasteiger partial charge in [0.25, 0.3) is 11.7 Å². The van der Waals surface area contributed by atoms with Crippen LogP contribution in [0.4, 0.5) is 36.3 Å². The van der Waals surface area contributed by atoms with Crippen molar-refractivity contribution in [2.45, 2.75) is 19.1 Å². The summed E-state index contributed by atoms with van der Waals surface area (Å²) in [6, 6.07) is 11.1. The van der Waals surface area contributed by atoms with E-state index in [1.54, 1.807) is 30.3 Å². The molecular weight excluding hydrogens is 477 g/mol. The molecule has 1 aromatic heterocycles. The number of carbonyl (C=O) groups is 3. The quantitative estimate of drug-likeness (QED) is 0.337. The van der Waals surface area contributed by atoms with E-state index in [9.17, 15) is 27.6 Å². The van der Waals surface area contributed by atoms with E-state index in [1.807, 2.05) is 0 Å². The number of carbonyl (C=O) groups excluding carboxylic acids is 3. The third kappa shape index (κ3) is 5.27. The molecule has 1 aliphatic rings. The summed E-state index contributed by atoms with van der Waals surface area (Å²) >= 11 is 0. The number of hydrogen-bond donors (Lipinski definition) is 3. The molecule has 9 nitrogen and oxygen atoms in total. The second kappa shape index (κ2) is 9.64. The number of alkyl halides is 3. The van der Waals surface area contributed by atoms with Crippen LogP contribution in [0.5, 0.6) is 0 Å². The summed E-state index contributed by atoms with van der Waals surface area (Å²) in [5, 5.41) is 8.18. The maximum atomic E-state index is 13.6. The van der Waals surface area contributed by atoms with Gasteiger partial charge in [0.1, 0.15) is 11.4 Å². The van der Waals surface area contributed by atoms with Crippen LogP contribution in [0.1, 0.15) is 27.0 Å². The zero-order valence-corrected chi connectivity index (χ0v) is 19.2. The fourth-order valence-electron chi connectivity index (χ4n) is 3.61. The molecule has 0 atom stereocenters. The number of nitrogens with one attached hydrogen (secondary N) is 3. The van der Waals surface area contributed by atoms with E-state index >= 15 is 0 Å². The molecule has 0 fully saturated rings. The number of ketones is 1. The van der Waals surface area contributed by atoms with Gasteiger partial charge >= 0.3 is 6.18 Å². The Morgan fingerprint density at radius 3 is 2.61 bits per heavy atom. The number of hydrogen-bond acceptors (Lipinski definition) is 7. The molecule has 0 aliphatic carbocycles. The first-order chi connectivity index (χ1) is 17.0. The highest BCUT2D eigenvalue weighted by molar-refractivity contribution is 6.42. The Bertz CT molecular complexity index is 1360. The summed E-state index contributed by atoms with van der Waals surface area (Å²) in [6.07, 6.45) is -3.89. The monoisotopic (exact) mass is 498 g/mol. The smallest absolute Gasteiger partial charge is 0.365 e. The average molecular weight is 498 g/mol. The van der Waals surface area contributed by atoms with Crippen molar-refractivity contribution >= 4 is 40.7 Å². The van der Waals surface area contributed by atoms with E-state index in [0.29, 0.717) is 23.1 Å². The van der Waals surface area contributed by atoms with Gasteiger partial charge in [-0.2, -0.15) is 18.2 Å². The van der Waals surface area contributed by atoms with E-state index in [1.165, 1.54) is 26.2 Å². The summed E-state index contributed by atoms with van der Waals surface area (Å²) in [4.78, 5) is 45.1. The minimum atomic E-state index is -4.74. The van der Waals surface area contributed by atoms with Crippen LogP contribution < -0.4 is 16.0 Å². The fraction of sp³-hybridized carbons (Fsp3) is 0.208. The van der Waals surface area contributed by atoms with E-state index in [0.717, 1.165) is 10.5 Å². The van der Waals surface area contributed by atoms with Gasteiger partial charge in [-0.25, -0.2) is 4.98 Å². The van der Waals surface area contributed by atoms with Crippen LogP contribution >= 0.6 is 0 Å². The number of fused-ring (bicyclic) bond motifs is 1. The Balaban J connectivity index is 1.59. The number of halogens is 3. The summed E-state index contributed by atoms with van der Waals surface area (Å²) in [6.45, 7) is -0.200. The molecule has 4 rings (SSSR count). The molecule has 3 N–H and O–H groups in total. The van der Waals surface area contributed by atoms with Crippen LogP contribution in [-0.4, -0.2) is 46.6 Å². The molecule has 0 saturated heterocycles. The SMILES string of the molecule is CN(C)C(=O)C(=O)c1ccccc1CNc1nc(Nc2ccc3c(c2)CC(=O)N3)ncc1C(F)(F)F. The van der Waals surface area contributed by atoms with Crippen LogP contribution in [-0.2, 0) is 28.7 Å². The topological polar surface area (TPSA) is 116 Å². The standard InChI is InChI=1S/C24H21F3N6O3/c1-33(2)22(36)20(35)16-6-4-3-5-13(16)11-28-21-17(24(25,26)27)12-29-23(32-21)30-15-7-8-18-14(9-15)10-19(34)31-18/h3-9,12H,10-11H2,1-2H3,(H,31,34)(H2,28,29,30,32). The van der Waals surface area contributed by atoms with Crippen LogP contribution in [0.25, 0.3) is 0 Å². The van der Waals surface area contributed by atoms with Crippen molar-refractivity contribution in [1.82, 2.24) is 14.9 Å². The van der Waals surface area contributed by atoms with Crippen LogP contribution in [0.3, 0.4) is 0 Å². The van der Waals surface area contributed by atoms with E-state index in [2.05, 4.69) is 25.9 Å². The minimum absolute atomic E-state index is 0.0750. The molecule has 0 saturated carbocycles. The first-order valence-corrected chi connectivity index (χ1v) is 10.7. The maximum absolute atomic E-state index is 13.6. The molecule has 0 spiro atoms. The van der Waals surface area contributed by atoms with Crippen molar-refractivity contribution in [3.63, 3.8) is 0 Å². The summed E-state index contributed by atoms with van der Waals surface area (Å²) in [5.74, 6) is -2.28. The zero-order valence-electron chi connectivity index (χ0n) is 19.2. The lowest BCUT2D eigenvalue weighted by Gasteiger charge is -2.16. The molecule has 12 heteroatoms. The van der Waals surface area contributed by atoms with Gasteiger partial charge in [-0.1, -0.05) is 24.3 Å². The van der Waals surface area contributed by atoms with E-state index in [4.69, 9.17) is 0 Å². The molecule has 36 heavy (non-hydrogen) atoms. The number of amides is 2. The number of aromatic nitrogens is 2. The van der Waals surface area contributed by atoms with Crippen molar-refractivity contribution < 1.29 is 27.6 Å². The van der Waals surface area contributed by atoms with Gasteiger partial charge in [-0.05, 0) is 29.3 Å². The lowest BCUT2D eigenvalue weighted by molar-refractivity contribution is -0.137. The highest BCUT2D eigenvalue weighted by atomic mass is 19.4. The van der Waals surface area contributed by atoms with Crippen LogP contribution in [0.2, 0.25) is 0 Å². The molecule has 1 aliphatic heterocycles. The summed E-state index contributed by atoms with van der Waals surface area (Å²) in [7, 11) is 2.86. The molecule has 2 amide bonds. The van der Waals surface area contributed by atoms with Crippen molar-refractivity contribution in [2.24, 2.45) is 0 Å². The Kier molecular flexibility index (Phi) is 6.60. The van der Waals surface area contributed by atoms with E-state index < -0.39 is 29.2 Å². The lowest BCUT2D eigenvalue weighted by atomic mass is 10.0. The second-order valence-electron chi connectivity index (χ2n) is 8.21. The summed E-state index contributed by atoms with van der Waals surface area (Å²) in [5.41, 5.74) is 1.21. The predicted octanol–water partition coefficient (Wildman–Crippen LogP) is 3.62. The Hall–Kier alpha value is -4.48. The molecule has 0 unspecified atom stereocenters. The Labute approximate surface area is 203 Å². The second-order valence-corrected chi connectivity index (χ2v) is 8.21.